The summed E-state index contributed by atoms with van der Waals surface area (Å²) in [4.78, 5) is 27.9. The Morgan fingerprint density at radius 1 is 1.32 bits per heavy atom. The van der Waals surface area contributed by atoms with Crippen molar-refractivity contribution in [3.8, 4) is 0 Å². The van der Waals surface area contributed by atoms with Crippen molar-refractivity contribution in [2.75, 3.05) is 0 Å². The van der Waals surface area contributed by atoms with Crippen LogP contribution in [0.25, 0.3) is 0 Å². The van der Waals surface area contributed by atoms with Gasteiger partial charge in [-0.3, -0.25) is 9.59 Å². The number of amides is 2. The fourth-order valence-corrected chi connectivity index (χ4v) is 2.65. The summed E-state index contributed by atoms with van der Waals surface area (Å²) in [5, 5.41) is 2.86. The molecule has 1 aliphatic carbocycles. The monoisotopic (exact) mass is 300 g/mol. The van der Waals surface area contributed by atoms with Crippen LogP contribution in [0.4, 0.5) is 0 Å². The smallest absolute Gasteiger partial charge is 0.248 e. The molecule has 1 unspecified atom stereocenters. The van der Waals surface area contributed by atoms with E-state index in [0.29, 0.717) is 18.1 Å². The van der Waals surface area contributed by atoms with Crippen LogP contribution in [0.2, 0.25) is 0 Å². The van der Waals surface area contributed by atoms with Crippen molar-refractivity contribution >= 4 is 17.5 Å². The lowest BCUT2D eigenvalue weighted by Gasteiger charge is -2.29. The van der Waals surface area contributed by atoms with E-state index < -0.39 is 0 Å². The SMILES string of the molecule is CC(C)C1=CC(=O)NC2=CC(=NC(=O)CC(C)(C)C)C=CC21. The van der Waals surface area contributed by atoms with Crippen LogP contribution < -0.4 is 5.32 Å². The molecular weight excluding hydrogens is 276 g/mol. The quantitative estimate of drug-likeness (QED) is 0.851. The maximum atomic E-state index is 12.0. The summed E-state index contributed by atoms with van der Waals surface area (Å²) >= 11 is 0. The normalized spacial score (nSPS) is 23.1. The van der Waals surface area contributed by atoms with E-state index in [0.717, 1.165) is 11.3 Å². The lowest BCUT2D eigenvalue weighted by Crippen LogP contribution is -2.34. The van der Waals surface area contributed by atoms with E-state index in [4.69, 9.17) is 0 Å². The number of allylic oxidation sites excluding steroid dienone is 3. The van der Waals surface area contributed by atoms with Gasteiger partial charge in [0.1, 0.15) is 0 Å². The molecule has 0 aromatic rings. The Balaban J connectivity index is 2.23. The number of hydrogen-bond donors (Lipinski definition) is 1. The Bertz CT molecular complexity index is 613. The number of nitrogens with one attached hydrogen (secondary N) is 1. The average Bonchev–Trinajstić information content (AvgIpc) is 2.34. The largest absolute Gasteiger partial charge is 0.325 e. The zero-order chi connectivity index (χ0) is 16.5. The van der Waals surface area contributed by atoms with E-state index in [2.05, 4.69) is 24.2 Å². The first kappa shape index (κ1) is 16.4. The number of rotatable bonds is 2. The molecule has 1 aliphatic heterocycles. The van der Waals surface area contributed by atoms with Crippen LogP contribution in [0.15, 0.2) is 40.6 Å². The number of aliphatic imine (C=N–C) groups is 1. The van der Waals surface area contributed by atoms with Gasteiger partial charge in [0.2, 0.25) is 11.8 Å². The summed E-state index contributed by atoms with van der Waals surface area (Å²) in [5.74, 6) is 0.130. The van der Waals surface area contributed by atoms with Gasteiger partial charge in [-0.05, 0) is 29.1 Å². The molecule has 118 valence electrons. The third kappa shape index (κ3) is 4.03. The summed E-state index contributed by atoms with van der Waals surface area (Å²) in [6.45, 7) is 10.2. The van der Waals surface area contributed by atoms with Gasteiger partial charge in [-0.25, -0.2) is 4.99 Å². The van der Waals surface area contributed by atoms with E-state index >= 15 is 0 Å². The number of nitrogens with zero attached hydrogens (tertiary/aromatic N) is 1. The molecule has 2 rings (SSSR count). The number of carbonyl (C=O) groups is 2. The molecule has 0 aromatic carbocycles. The van der Waals surface area contributed by atoms with Gasteiger partial charge >= 0.3 is 0 Å². The second-order valence-electron chi connectivity index (χ2n) is 7.39. The van der Waals surface area contributed by atoms with E-state index in [1.807, 2.05) is 32.9 Å². The van der Waals surface area contributed by atoms with Crippen molar-refractivity contribution < 1.29 is 9.59 Å². The molecule has 0 radical (unpaired) electrons. The minimum Gasteiger partial charge on any atom is -0.325 e. The molecule has 1 atom stereocenters. The van der Waals surface area contributed by atoms with E-state index in [1.165, 1.54) is 0 Å². The molecule has 22 heavy (non-hydrogen) atoms. The van der Waals surface area contributed by atoms with Crippen molar-refractivity contribution in [3.63, 3.8) is 0 Å². The van der Waals surface area contributed by atoms with Crippen LogP contribution in [0, 0.1) is 17.3 Å². The number of carbonyl (C=O) groups excluding carboxylic acids is 2. The van der Waals surface area contributed by atoms with Gasteiger partial charge in [0.15, 0.2) is 0 Å². The summed E-state index contributed by atoms with van der Waals surface area (Å²) in [5.41, 5.74) is 2.42. The highest BCUT2D eigenvalue weighted by Gasteiger charge is 2.28. The standard InChI is InChI=1S/C18H24N2O2/c1-11(2)14-9-16(21)20-15-8-12(6-7-13(14)15)19-17(22)10-18(3,4)5/h6-9,11,13H,10H2,1-5H3,(H,20,21). The molecule has 4 nitrogen and oxygen atoms in total. The van der Waals surface area contributed by atoms with Crippen LogP contribution in [-0.2, 0) is 9.59 Å². The molecule has 0 fully saturated rings. The van der Waals surface area contributed by atoms with Gasteiger partial charge in [0, 0.05) is 24.1 Å². The van der Waals surface area contributed by atoms with Crippen LogP contribution >= 0.6 is 0 Å². The minimum absolute atomic E-state index is 0.0781. The van der Waals surface area contributed by atoms with Gasteiger partial charge in [0.05, 0.1) is 5.71 Å². The van der Waals surface area contributed by atoms with E-state index in [9.17, 15) is 9.59 Å². The highest BCUT2D eigenvalue weighted by atomic mass is 16.2. The first-order chi connectivity index (χ1) is 10.2. The number of hydrogen-bond acceptors (Lipinski definition) is 2. The maximum Gasteiger partial charge on any atom is 0.248 e. The Kier molecular flexibility index (Phi) is 4.50. The zero-order valence-corrected chi connectivity index (χ0v) is 13.9. The predicted molar refractivity (Wildman–Crippen MR) is 88.3 cm³/mol. The molecule has 0 bridgehead atoms. The molecule has 1 N–H and O–H groups in total. The predicted octanol–water partition coefficient (Wildman–Crippen LogP) is 3.17. The average molecular weight is 300 g/mol. The third-order valence-corrected chi connectivity index (χ3v) is 3.62. The zero-order valence-electron chi connectivity index (χ0n) is 13.9. The van der Waals surface area contributed by atoms with Gasteiger partial charge in [0.25, 0.3) is 0 Å². The first-order valence-electron chi connectivity index (χ1n) is 7.69. The Hall–Kier alpha value is -1.97. The Morgan fingerprint density at radius 2 is 2.00 bits per heavy atom. The topological polar surface area (TPSA) is 58.5 Å². The molecule has 0 saturated carbocycles. The highest BCUT2D eigenvalue weighted by molar-refractivity contribution is 6.11. The van der Waals surface area contributed by atoms with Gasteiger partial charge in [-0.1, -0.05) is 40.7 Å². The lowest BCUT2D eigenvalue weighted by atomic mass is 9.82. The third-order valence-electron chi connectivity index (χ3n) is 3.62. The van der Waals surface area contributed by atoms with Crippen LogP contribution in [0.3, 0.4) is 0 Å². The molecule has 0 spiro atoms. The molecule has 1 heterocycles. The summed E-state index contributed by atoms with van der Waals surface area (Å²) in [6, 6.07) is 0. The Morgan fingerprint density at radius 3 is 2.59 bits per heavy atom. The van der Waals surface area contributed by atoms with Crippen molar-refractivity contribution in [2.45, 2.75) is 41.0 Å². The van der Waals surface area contributed by atoms with E-state index in [-0.39, 0.29) is 23.1 Å². The van der Waals surface area contributed by atoms with Gasteiger partial charge in [-0.2, -0.15) is 0 Å². The maximum absolute atomic E-state index is 12.0. The molecule has 0 saturated heterocycles. The highest BCUT2D eigenvalue weighted by Crippen LogP contribution is 2.31. The van der Waals surface area contributed by atoms with Crippen molar-refractivity contribution in [1.29, 1.82) is 0 Å². The van der Waals surface area contributed by atoms with E-state index in [1.54, 1.807) is 12.2 Å². The number of fused-ring (bicyclic) bond motifs is 1. The van der Waals surface area contributed by atoms with Gasteiger partial charge < -0.3 is 5.32 Å². The molecule has 0 aromatic heterocycles. The summed E-state index contributed by atoms with van der Waals surface area (Å²) in [6.07, 6.45) is 7.75. The molecular formula is C18H24N2O2. The fraction of sp³-hybridized carbons (Fsp3) is 0.500. The lowest BCUT2D eigenvalue weighted by molar-refractivity contribution is -0.119. The molecule has 2 amide bonds. The second-order valence-corrected chi connectivity index (χ2v) is 7.39. The second kappa shape index (κ2) is 6.03. The van der Waals surface area contributed by atoms with Gasteiger partial charge in [-0.15, -0.1) is 0 Å². The van der Waals surface area contributed by atoms with Crippen LogP contribution in [0.1, 0.15) is 41.0 Å². The molecule has 2 aliphatic rings. The summed E-state index contributed by atoms with van der Waals surface area (Å²) < 4.78 is 0. The van der Waals surface area contributed by atoms with Crippen LogP contribution in [-0.4, -0.2) is 17.5 Å². The van der Waals surface area contributed by atoms with Crippen molar-refractivity contribution in [3.05, 3.63) is 35.6 Å². The molecule has 4 heteroatoms. The van der Waals surface area contributed by atoms with Crippen molar-refractivity contribution in [2.24, 2.45) is 22.2 Å². The van der Waals surface area contributed by atoms with Crippen molar-refractivity contribution in [1.82, 2.24) is 5.32 Å². The minimum atomic E-state index is -0.135. The first-order valence-corrected chi connectivity index (χ1v) is 7.69. The summed E-state index contributed by atoms with van der Waals surface area (Å²) in [7, 11) is 0. The van der Waals surface area contributed by atoms with Crippen LogP contribution in [0.5, 0.6) is 0 Å². The Labute approximate surface area is 132 Å². The fourth-order valence-electron chi connectivity index (χ4n) is 2.65.